The Hall–Kier alpha value is -1.16. The molecule has 2 N–H and O–H groups in total. The van der Waals surface area contributed by atoms with Crippen LogP contribution >= 0.6 is 23.2 Å². The van der Waals surface area contributed by atoms with Crippen LogP contribution in [-0.2, 0) is 6.42 Å². The molecule has 1 aliphatic rings. The van der Waals surface area contributed by atoms with Gasteiger partial charge in [-0.1, -0.05) is 37.0 Å². The molecule has 0 amide bonds. The van der Waals surface area contributed by atoms with Crippen molar-refractivity contribution in [2.75, 3.05) is 0 Å². The standard InChI is InChI=1S/C16H17Cl2N3/c1-16(2)6-13(19)10-8-20-15(21-14(10)7-16)9-3-4-11(17)12(18)5-9/h3-5,8,13H,6-7,19H2,1-2H3. The molecule has 1 unspecified atom stereocenters. The summed E-state index contributed by atoms with van der Waals surface area (Å²) < 4.78 is 0. The Labute approximate surface area is 134 Å². The molecule has 0 saturated heterocycles. The molecule has 0 spiro atoms. The number of hydrogen-bond acceptors (Lipinski definition) is 3. The Morgan fingerprint density at radius 1 is 1.24 bits per heavy atom. The van der Waals surface area contributed by atoms with Crippen molar-refractivity contribution in [2.24, 2.45) is 11.1 Å². The molecule has 0 radical (unpaired) electrons. The summed E-state index contributed by atoms with van der Waals surface area (Å²) in [5.74, 6) is 0.664. The second kappa shape index (κ2) is 5.24. The minimum atomic E-state index is 0.00612. The van der Waals surface area contributed by atoms with Gasteiger partial charge in [-0.25, -0.2) is 9.97 Å². The first-order valence-corrected chi connectivity index (χ1v) is 7.68. The molecule has 5 heteroatoms. The summed E-state index contributed by atoms with van der Waals surface area (Å²) >= 11 is 12.0. The third kappa shape index (κ3) is 2.91. The topological polar surface area (TPSA) is 51.8 Å². The summed E-state index contributed by atoms with van der Waals surface area (Å²) in [7, 11) is 0. The van der Waals surface area contributed by atoms with Gasteiger partial charge < -0.3 is 5.73 Å². The van der Waals surface area contributed by atoms with Gasteiger partial charge >= 0.3 is 0 Å². The van der Waals surface area contributed by atoms with Gasteiger partial charge in [0, 0.05) is 29.1 Å². The number of hydrogen-bond donors (Lipinski definition) is 1. The van der Waals surface area contributed by atoms with E-state index in [1.807, 2.05) is 12.3 Å². The van der Waals surface area contributed by atoms with E-state index in [4.69, 9.17) is 33.9 Å². The lowest BCUT2D eigenvalue weighted by Gasteiger charge is -2.34. The minimum absolute atomic E-state index is 0.00612. The molecular weight excluding hydrogens is 305 g/mol. The maximum Gasteiger partial charge on any atom is 0.159 e. The van der Waals surface area contributed by atoms with E-state index < -0.39 is 0 Å². The van der Waals surface area contributed by atoms with Crippen molar-refractivity contribution < 1.29 is 0 Å². The summed E-state index contributed by atoms with van der Waals surface area (Å²) in [6.07, 6.45) is 3.71. The number of benzene rings is 1. The van der Waals surface area contributed by atoms with Crippen LogP contribution < -0.4 is 5.73 Å². The summed E-state index contributed by atoms with van der Waals surface area (Å²) in [4.78, 5) is 9.15. The van der Waals surface area contributed by atoms with Crippen LogP contribution in [0.1, 0.15) is 37.6 Å². The number of nitrogens with zero attached hydrogens (tertiary/aromatic N) is 2. The highest BCUT2D eigenvalue weighted by molar-refractivity contribution is 6.42. The maximum absolute atomic E-state index is 6.24. The van der Waals surface area contributed by atoms with E-state index in [0.29, 0.717) is 15.9 Å². The minimum Gasteiger partial charge on any atom is -0.324 e. The van der Waals surface area contributed by atoms with E-state index in [9.17, 15) is 0 Å². The molecule has 21 heavy (non-hydrogen) atoms. The molecule has 110 valence electrons. The summed E-state index contributed by atoms with van der Waals surface area (Å²) in [5.41, 5.74) is 9.35. The van der Waals surface area contributed by atoms with Crippen molar-refractivity contribution in [1.29, 1.82) is 0 Å². The van der Waals surface area contributed by atoms with Gasteiger partial charge in [0.1, 0.15) is 0 Å². The molecule has 3 rings (SSSR count). The van der Waals surface area contributed by atoms with Crippen LogP contribution in [0.25, 0.3) is 11.4 Å². The predicted molar refractivity (Wildman–Crippen MR) is 86.5 cm³/mol. The van der Waals surface area contributed by atoms with Crippen molar-refractivity contribution in [3.63, 3.8) is 0 Å². The average molecular weight is 322 g/mol. The summed E-state index contributed by atoms with van der Waals surface area (Å²) in [6.45, 7) is 4.44. The van der Waals surface area contributed by atoms with E-state index >= 15 is 0 Å². The molecule has 0 fully saturated rings. The number of nitrogens with two attached hydrogens (primary N) is 1. The number of halogens is 2. The number of aromatic nitrogens is 2. The number of rotatable bonds is 1. The molecule has 1 heterocycles. The van der Waals surface area contributed by atoms with Crippen LogP contribution in [-0.4, -0.2) is 9.97 Å². The van der Waals surface area contributed by atoms with Crippen LogP contribution in [0.2, 0.25) is 10.0 Å². The smallest absolute Gasteiger partial charge is 0.159 e. The highest BCUT2D eigenvalue weighted by Gasteiger charge is 2.31. The highest BCUT2D eigenvalue weighted by Crippen LogP contribution is 2.39. The maximum atomic E-state index is 6.24. The van der Waals surface area contributed by atoms with Crippen molar-refractivity contribution in [3.8, 4) is 11.4 Å². The fraction of sp³-hybridized carbons (Fsp3) is 0.375. The third-order valence-corrected chi connectivity index (χ3v) is 4.63. The van der Waals surface area contributed by atoms with Crippen molar-refractivity contribution in [1.82, 2.24) is 9.97 Å². The molecule has 2 aromatic rings. The Balaban J connectivity index is 2.05. The molecule has 1 aromatic heterocycles. The first kappa shape index (κ1) is 14.8. The molecule has 3 nitrogen and oxygen atoms in total. The third-order valence-electron chi connectivity index (χ3n) is 3.90. The van der Waals surface area contributed by atoms with Gasteiger partial charge in [-0.3, -0.25) is 0 Å². The first-order valence-electron chi connectivity index (χ1n) is 6.92. The van der Waals surface area contributed by atoms with Crippen LogP contribution in [0.5, 0.6) is 0 Å². The molecule has 1 aromatic carbocycles. The van der Waals surface area contributed by atoms with Crippen molar-refractivity contribution in [2.45, 2.75) is 32.7 Å². The largest absolute Gasteiger partial charge is 0.324 e. The van der Waals surface area contributed by atoms with Crippen LogP contribution in [0.4, 0.5) is 0 Å². The number of fused-ring (bicyclic) bond motifs is 1. The normalized spacial score (nSPS) is 20.1. The molecule has 1 atom stereocenters. The highest BCUT2D eigenvalue weighted by atomic mass is 35.5. The Morgan fingerprint density at radius 2 is 2.00 bits per heavy atom. The van der Waals surface area contributed by atoms with Crippen LogP contribution in [0, 0.1) is 5.41 Å². The molecule has 0 aliphatic heterocycles. The van der Waals surface area contributed by atoms with Crippen molar-refractivity contribution >= 4 is 23.2 Å². The Morgan fingerprint density at radius 3 is 2.71 bits per heavy atom. The monoisotopic (exact) mass is 321 g/mol. The van der Waals surface area contributed by atoms with Gasteiger partial charge in [0.2, 0.25) is 0 Å². The lowest BCUT2D eigenvalue weighted by Crippen LogP contribution is -2.30. The van der Waals surface area contributed by atoms with Gasteiger partial charge in [0.05, 0.1) is 10.0 Å². The van der Waals surface area contributed by atoms with Gasteiger partial charge in [-0.05, 0) is 36.5 Å². The second-order valence-corrected chi connectivity index (χ2v) is 7.19. The molecular formula is C16H17Cl2N3. The SMILES string of the molecule is CC1(C)Cc2nc(-c3ccc(Cl)c(Cl)c3)ncc2C(N)C1. The van der Waals surface area contributed by atoms with Gasteiger partial charge in [-0.15, -0.1) is 0 Å². The van der Waals surface area contributed by atoms with E-state index in [1.165, 1.54) is 0 Å². The average Bonchev–Trinajstić information content (AvgIpc) is 2.40. The van der Waals surface area contributed by atoms with E-state index in [2.05, 4.69) is 18.8 Å². The zero-order chi connectivity index (χ0) is 15.2. The predicted octanol–water partition coefficient (Wildman–Crippen LogP) is 4.42. The van der Waals surface area contributed by atoms with Gasteiger partial charge in [-0.2, -0.15) is 0 Å². The Bertz CT molecular complexity index is 698. The van der Waals surface area contributed by atoms with Crippen LogP contribution in [0.3, 0.4) is 0 Å². The van der Waals surface area contributed by atoms with Gasteiger partial charge in [0.15, 0.2) is 5.82 Å². The summed E-state index contributed by atoms with van der Waals surface area (Å²) in [6, 6.07) is 5.44. The molecule has 0 bridgehead atoms. The van der Waals surface area contributed by atoms with E-state index in [0.717, 1.165) is 29.7 Å². The zero-order valence-corrected chi connectivity index (χ0v) is 13.5. The van der Waals surface area contributed by atoms with E-state index in [-0.39, 0.29) is 11.5 Å². The van der Waals surface area contributed by atoms with Crippen molar-refractivity contribution in [3.05, 3.63) is 45.7 Å². The lowest BCUT2D eigenvalue weighted by atomic mass is 9.74. The van der Waals surface area contributed by atoms with E-state index in [1.54, 1.807) is 12.1 Å². The second-order valence-electron chi connectivity index (χ2n) is 6.38. The molecule has 0 saturated carbocycles. The fourth-order valence-corrected chi connectivity index (χ4v) is 3.18. The zero-order valence-electron chi connectivity index (χ0n) is 12.0. The quantitative estimate of drug-likeness (QED) is 0.845. The first-order chi connectivity index (χ1) is 9.85. The fourth-order valence-electron chi connectivity index (χ4n) is 2.88. The summed E-state index contributed by atoms with van der Waals surface area (Å²) in [5, 5.41) is 1.04. The Kier molecular flexibility index (Phi) is 3.68. The van der Waals surface area contributed by atoms with Gasteiger partial charge in [0.25, 0.3) is 0 Å². The molecule has 1 aliphatic carbocycles. The van der Waals surface area contributed by atoms with Crippen LogP contribution in [0.15, 0.2) is 24.4 Å². The lowest BCUT2D eigenvalue weighted by molar-refractivity contribution is 0.278.